The molecule has 5 heteroatoms. The molecule has 0 bridgehead atoms. The van der Waals surface area contributed by atoms with E-state index in [4.69, 9.17) is 5.11 Å². The van der Waals surface area contributed by atoms with Gasteiger partial charge >= 0.3 is 12.0 Å². The van der Waals surface area contributed by atoms with Gasteiger partial charge in [0.15, 0.2) is 0 Å². The third-order valence-electron chi connectivity index (χ3n) is 3.00. The van der Waals surface area contributed by atoms with Crippen molar-refractivity contribution in [1.82, 2.24) is 9.80 Å². The molecule has 17 heavy (non-hydrogen) atoms. The highest BCUT2D eigenvalue weighted by Gasteiger charge is 2.22. The lowest BCUT2D eigenvalue weighted by Gasteiger charge is -2.30. The SMILES string of the molecule is CC1=CCN(C(=O)N(C)CC(C)C(=O)O)CC1. The number of carbonyl (C=O) groups excluding carboxylic acids is 1. The molecule has 2 amide bonds. The second-order valence-corrected chi connectivity index (χ2v) is 4.65. The lowest BCUT2D eigenvalue weighted by atomic mass is 10.1. The summed E-state index contributed by atoms with van der Waals surface area (Å²) in [5, 5.41) is 8.80. The van der Waals surface area contributed by atoms with Crippen molar-refractivity contribution < 1.29 is 14.7 Å². The Morgan fingerprint density at radius 3 is 2.71 bits per heavy atom. The van der Waals surface area contributed by atoms with Crippen LogP contribution >= 0.6 is 0 Å². The Labute approximate surface area is 102 Å². The first-order chi connectivity index (χ1) is 7.91. The molecule has 0 saturated heterocycles. The number of carboxylic acids is 1. The Morgan fingerprint density at radius 1 is 1.59 bits per heavy atom. The Kier molecular flexibility index (Phi) is 4.54. The Hall–Kier alpha value is -1.52. The summed E-state index contributed by atoms with van der Waals surface area (Å²) >= 11 is 0. The van der Waals surface area contributed by atoms with Gasteiger partial charge in [-0.2, -0.15) is 0 Å². The zero-order chi connectivity index (χ0) is 13.0. The first-order valence-electron chi connectivity index (χ1n) is 5.80. The maximum Gasteiger partial charge on any atom is 0.320 e. The first kappa shape index (κ1) is 13.5. The van der Waals surface area contributed by atoms with Gasteiger partial charge in [-0.25, -0.2) is 4.79 Å². The number of amides is 2. The van der Waals surface area contributed by atoms with Crippen molar-refractivity contribution in [3.63, 3.8) is 0 Å². The number of aliphatic carboxylic acids is 1. The summed E-state index contributed by atoms with van der Waals surface area (Å²) in [5.74, 6) is -1.41. The van der Waals surface area contributed by atoms with Gasteiger partial charge in [-0.15, -0.1) is 0 Å². The molecule has 0 fully saturated rings. The fourth-order valence-electron chi connectivity index (χ4n) is 1.75. The van der Waals surface area contributed by atoms with Gasteiger partial charge in [-0.3, -0.25) is 4.79 Å². The van der Waals surface area contributed by atoms with E-state index in [9.17, 15) is 9.59 Å². The smallest absolute Gasteiger partial charge is 0.320 e. The minimum Gasteiger partial charge on any atom is -0.481 e. The average molecular weight is 240 g/mol. The monoisotopic (exact) mass is 240 g/mol. The molecule has 0 radical (unpaired) electrons. The van der Waals surface area contributed by atoms with Crippen LogP contribution in [0.5, 0.6) is 0 Å². The lowest BCUT2D eigenvalue weighted by Crippen LogP contribution is -2.45. The zero-order valence-electron chi connectivity index (χ0n) is 10.6. The third kappa shape index (κ3) is 3.76. The predicted octanol–water partition coefficient (Wildman–Crippen LogP) is 1.41. The van der Waals surface area contributed by atoms with Gasteiger partial charge in [-0.05, 0) is 13.3 Å². The second kappa shape index (κ2) is 5.70. The molecule has 0 aromatic rings. The molecule has 0 aliphatic carbocycles. The molecule has 1 N–H and O–H groups in total. The fourth-order valence-corrected chi connectivity index (χ4v) is 1.75. The summed E-state index contributed by atoms with van der Waals surface area (Å²) in [6, 6.07) is -0.0955. The Bertz CT molecular complexity index is 339. The zero-order valence-corrected chi connectivity index (χ0v) is 10.6. The van der Waals surface area contributed by atoms with Gasteiger partial charge in [0, 0.05) is 26.7 Å². The van der Waals surface area contributed by atoms with Gasteiger partial charge in [-0.1, -0.05) is 18.6 Å². The molecule has 1 aliphatic heterocycles. The maximum atomic E-state index is 12.0. The third-order valence-corrected chi connectivity index (χ3v) is 3.00. The first-order valence-corrected chi connectivity index (χ1v) is 5.80. The molecule has 0 spiro atoms. The molecule has 5 nitrogen and oxygen atoms in total. The number of hydrogen-bond acceptors (Lipinski definition) is 2. The van der Waals surface area contributed by atoms with Crippen LogP contribution in [0.3, 0.4) is 0 Å². The van der Waals surface area contributed by atoms with Gasteiger partial charge in [0.1, 0.15) is 0 Å². The average Bonchev–Trinajstić information content (AvgIpc) is 2.28. The van der Waals surface area contributed by atoms with Crippen LogP contribution in [0.25, 0.3) is 0 Å². The van der Waals surface area contributed by atoms with E-state index >= 15 is 0 Å². The molecule has 1 aliphatic rings. The second-order valence-electron chi connectivity index (χ2n) is 4.65. The maximum absolute atomic E-state index is 12.0. The molecule has 1 rings (SSSR count). The Morgan fingerprint density at radius 2 is 2.24 bits per heavy atom. The van der Waals surface area contributed by atoms with Crippen LogP contribution in [0, 0.1) is 5.92 Å². The normalized spacial score (nSPS) is 17.4. The standard InChI is InChI=1S/C12H20N2O3/c1-9-4-6-14(7-5-9)12(17)13(3)8-10(2)11(15)16/h4,10H,5-8H2,1-3H3,(H,15,16). The number of rotatable bonds is 3. The number of urea groups is 1. The highest BCUT2D eigenvalue weighted by Crippen LogP contribution is 2.11. The Balaban J connectivity index is 2.50. The molecular weight excluding hydrogens is 220 g/mol. The van der Waals surface area contributed by atoms with Crippen molar-refractivity contribution in [1.29, 1.82) is 0 Å². The molecule has 0 aromatic heterocycles. The van der Waals surface area contributed by atoms with E-state index in [1.807, 2.05) is 6.08 Å². The molecule has 1 atom stereocenters. The summed E-state index contributed by atoms with van der Waals surface area (Å²) in [5.41, 5.74) is 1.30. The van der Waals surface area contributed by atoms with Crippen LogP contribution < -0.4 is 0 Å². The summed E-state index contributed by atoms with van der Waals surface area (Å²) < 4.78 is 0. The minimum atomic E-state index is -0.876. The van der Waals surface area contributed by atoms with E-state index in [1.54, 1.807) is 18.9 Å². The van der Waals surface area contributed by atoms with Crippen molar-refractivity contribution in [3.8, 4) is 0 Å². The van der Waals surface area contributed by atoms with Crippen LogP contribution in [0.1, 0.15) is 20.3 Å². The van der Waals surface area contributed by atoms with E-state index in [1.165, 1.54) is 10.5 Å². The van der Waals surface area contributed by atoms with E-state index in [2.05, 4.69) is 6.92 Å². The van der Waals surface area contributed by atoms with Crippen molar-refractivity contribution in [2.45, 2.75) is 20.3 Å². The van der Waals surface area contributed by atoms with E-state index in [-0.39, 0.29) is 12.6 Å². The van der Waals surface area contributed by atoms with Crippen LogP contribution in [0.4, 0.5) is 4.79 Å². The largest absolute Gasteiger partial charge is 0.481 e. The number of nitrogens with zero attached hydrogens (tertiary/aromatic N) is 2. The summed E-state index contributed by atoms with van der Waals surface area (Å²) in [4.78, 5) is 25.9. The van der Waals surface area contributed by atoms with Crippen molar-refractivity contribution in [3.05, 3.63) is 11.6 Å². The summed E-state index contributed by atoms with van der Waals surface area (Å²) in [6.07, 6.45) is 2.93. The van der Waals surface area contributed by atoms with Crippen molar-refractivity contribution >= 4 is 12.0 Å². The highest BCUT2D eigenvalue weighted by molar-refractivity contribution is 5.76. The topological polar surface area (TPSA) is 60.9 Å². The highest BCUT2D eigenvalue weighted by atomic mass is 16.4. The van der Waals surface area contributed by atoms with Crippen molar-refractivity contribution in [2.75, 3.05) is 26.7 Å². The van der Waals surface area contributed by atoms with Gasteiger partial charge in [0.25, 0.3) is 0 Å². The van der Waals surface area contributed by atoms with Gasteiger partial charge in [0.05, 0.1) is 5.92 Å². The molecule has 0 aromatic carbocycles. The number of carboxylic acid groups (broad SMARTS) is 1. The molecule has 96 valence electrons. The number of carbonyl (C=O) groups is 2. The molecular formula is C12H20N2O3. The van der Waals surface area contributed by atoms with Crippen LogP contribution in [-0.2, 0) is 4.79 Å². The fraction of sp³-hybridized carbons (Fsp3) is 0.667. The van der Waals surface area contributed by atoms with Crippen LogP contribution in [-0.4, -0.2) is 53.6 Å². The van der Waals surface area contributed by atoms with E-state index < -0.39 is 11.9 Å². The van der Waals surface area contributed by atoms with Crippen molar-refractivity contribution in [2.24, 2.45) is 5.92 Å². The molecule has 1 heterocycles. The van der Waals surface area contributed by atoms with E-state index in [0.29, 0.717) is 13.1 Å². The quantitative estimate of drug-likeness (QED) is 0.759. The lowest BCUT2D eigenvalue weighted by molar-refractivity contribution is -0.141. The van der Waals surface area contributed by atoms with Gasteiger partial charge in [0.2, 0.25) is 0 Å². The van der Waals surface area contributed by atoms with Gasteiger partial charge < -0.3 is 14.9 Å². The van der Waals surface area contributed by atoms with Crippen LogP contribution in [0.2, 0.25) is 0 Å². The number of hydrogen-bond donors (Lipinski definition) is 1. The van der Waals surface area contributed by atoms with E-state index in [0.717, 1.165) is 6.42 Å². The summed E-state index contributed by atoms with van der Waals surface area (Å²) in [7, 11) is 1.65. The predicted molar refractivity (Wildman–Crippen MR) is 64.8 cm³/mol. The molecule has 1 unspecified atom stereocenters. The molecule has 0 saturated carbocycles. The minimum absolute atomic E-state index is 0.0955. The van der Waals surface area contributed by atoms with Crippen LogP contribution in [0.15, 0.2) is 11.6 Å². The summed E-state index contributed by atoms with van der Waals surface area (Å²) in [6.45, 7) is 5.24.